The second kappa shape index (κ2) is 10.8. The summed E-state index contributed by atoms with van der Waals surface area (Å²) < 4.78 is 12.9. The molecule has 0 saturated heterocycles. The van der Waals surface area contributed by atoms with Crippen LogP contribution in [-0.4, -0.2) is 37.4 Å². The second-order valence-electron chi connectivity index (χ2n) is 6.00. The average molecular weight is 386 g/mol. The number of benzene rings is 2. The van der Waals surface area contributed by atoms with E-state index in [9.17, 15) is 18.8 Å². The van der Waals surface area contributed by atoms with Crippen LogP contribution in [0.5, 0.6) is 0 Å². The van der Waals surface area contributed by atoms with Gasteiger partial charge in [-0.1, -0.05) is 12.1 Å². The molecule has 0 heterocycles. The third kappa shape index (κ3) is 6.48. The Balaban J connectivity index is 1.79. The van der Waals surface area contributed by atoms with Gasteiger partial charge in [-0.2, -0.15) is 0 Å². The second-order valence-corrected chi connectivity index (χ2v) is 6.00. The number of rotatable bonds is 9. The van der Waals surface area contributed by atoms with Crippen LogP contribution in [0.15, 0.2) is 48.5 Å². The van der Waals surface area contributed by atoms with E-state index in [-0.39, 0.29) is 24.1 Å². The smallest absolute Gasteiger partial charge is 0.253 e. The molecule has 0 aliphatic rings. The van der Waals surface area contributed by atoms with Crippen LogP contribution in [0.2, 0.25) is 0 Å². The van der Waals surface area contributed by atoms with Gasteiger partial charge < -0.3 is 21.7 Å². The number of anilines is 1. The van der Waals surface area contributed by atoms with Gasteiger partial charge >= 0.3 is 0 Å². The molecule has 0 unspecified atom stereocenters. The zero-order valence-electron chi connectivity index (χ0n) is 15.3. The first-order valence-electron chi connectivity index (χ1n) is 8.92. The summed E-state index contributed by atoms with van der Waals surface area (Å²) in [6.07, 6.45) is 0.586. The molecule has 8 heteroatoms. The minimum atomic E-state index is -0.412. The Morgan fingerprint density at radius 2 is 1.57 bits per heavy atom. The zero-order valence-corrected chi connectivity index (χ0v) is 15.3. The van der Waals surface area contributed by atoms with Crippen LogP contribution in [-0.2, 0) is 4.79 Å². The van der Waals surface area contributed by atoms with Gasteiger partial charge in [0.25, 0.3) is 11.8 Å². The monoisotopic (exact) mass is 386 g/mol. The average Bonchev–Trinajstić information content (AvgIpc) is 2.70. The van der Waals surface area contributed by atoms with E-state index in [1.807, 2.05) is 0 Å². The van der Waals surface area contributed by atoms with Crippen LogP contribution in [0.25, 0.3) is 0 Å². The summed E-state index contributed by atoms with van der Waals surface area (Å²) in [5, 5.41) is 8.04. The molecule has 0 bridgehead atoms. The molecule has 2 aromatic carbocycles. The first-order chi connectivity index (χ1) is 13.5. The van der Waals surface area contributed by atoms with Crippen LogP contribution in [0.3, 0.4) is 0 Å². The van der Waals surface area contributed by atoms with Gasteiger partial charge in [-0.15, -0.1) is 0 Å². The molecular weight excluding hydrogens is 363 g/mol. The molecule has 3 amide bonds. The molecule has 2 rings (SSSR count). The minimum absolute atomic E-state index is 0.169. The number of para-hydroxylation sites is 1. The predicted octanol–water partition coefficient (Wildman–Crippen LogP) is 1.66. The summed E-state index contributed by atoms with van der Waals surface area (Å²) in [7, 11) is 0. The van der Waals surface area contributed by atoms with Gasteiger partial charge in [0.2, 0.25) is 5.91 Å². The highest BCUT2D eigenvalue weighted by atomic mass is 19.1. The van der Waals surface area contributed by atoms with Crippen molar-refractivity contribution in [2.24, 2.45) is 5.73 Å². The van der Waals surface area contributed by atoms with Crippen LogP contribution in [0, 0.1) is 5.82 Å². The molecule has 148 valence electrons. The van der Waals surface area contributed by atoms with E-state index in [0.717, 1.165) is 0 Å². The Hall–Kier alpha value is -3.26. The normalized spacial score (nSPS) is 10.2. The number of halogens is 1. The first kappa shape index (κ1) is 21.0. The molecule has 0 saturated carbocycles. The van der Waals surface area contributed by atoms with E-state index in [4.69, 9.17) is 5.73 Å². The molecule has 0 radical (unpaired) electrons. The maximum absolute atomic E-state index is 12.9. The van der Waals surface area contributed by atoms with Gasteiger partial charge in [-0.05, 0) is 42.8 Å². The van der Waals surface area contributed by atoms with Gasteiger partial charge in [-0.3, -0.25) is 14.4 Å². The Bertz CT molecular complexity index is 824. The fourth-order valence-electron chi connectivity index (χ4n) is 2.44. The maximum atomic E-state index is 12.9. The molecule has 0 atom stereocenters. The lowest BCUT2D eigenvalue weighted by molar-refractivity contribution is -0.116. The van der Waals surface area contributed by atoms with Crippen molar-refractivity contribution in [1.29, 1.82) is 0 Å². The number of carbonyl (C=O) groups is 3. The maximum Gasteiger partial charge on any atom is 0.253 e. The van der Waals surface area contributed by atoms with Gasteiger partial charge in [0.05, 0.1) is 11.3 Å². The molecule has 0 aromatic heterocycles. The summed E-state index contributed by atoms with van der Waals surface area (Å²) in [6, 6.07) is 11.9. The molecule has 2 aromatic rings. The number of nitrogens with one attached hydrogen (secondary N) is 3. The third-order valence-corrected chi connectivity index (χ3v) is 3.85. The van der Waals surface area contributed by atoms with E-state index < -0.39 is 5.82 Å². The van der Waals surface area contributed by atoms with Crippen LogP contribution in [0.4, 0.5) is 10.1 Å². The highest BCUT2D eigenvalue weighted by Crippen LogP contribution is 2.15. The van der Waals surface area contributed by atoms with Crippen molar-refractivity contribution in [2.45, 2.75) is 12.8 Å². The van der Waals surface area contributed by atoms with Crippen LogP contribution in [0.1, 0.15) is 33.6 Å². The minimum Gasteiger partial charge on any atom is -0.352 e. The van der Waals surface area contributed by atoms with Crippen molar-refractivity contribution < 1.29 is 18.8 Å². The third-order valence-electron chi connectivity index (χ3n) is 3.85. The quantitative estimate of drug-likeness (QED) is 0.491. The molecule has 28 heavy (non-hydrogen) atoms. The molecule has 0 spiro atoms. The number of carbonyl (C=O) groups excluding carboxylic acids is 3. The summed E-state index contributed by atoms with van der Waals surface area (Å²) in [5.41, 5.74) is 6.50. The molecular formula is C20H23FN4O3. The van der Waals surface area contributed by atoms with Crippen molar-refractivity contribution in [1.82, 2.24) is 10.6 Å². The Kier molecular flexibility index (Phi) is 8.11. The zero-order chi connectivity index (χ0) is 20.4. The molecule has 5 N–H and O–H groups in total. The van der Waals surface area contributed by atoms with Gasteiger partial charge in [0, 0.05) is 31.6 Å². The molecule has 0 aliphatic heterocycles. The Labute approximate surface area is 162 Å². The lowest BCUT2D eigenvalue weighted by Crippen LogP contribution is -2.30. The van der Waals surface area contributed by atoms with Crippen molar-refractivity contribution in [3.8, 4) is 0 Å². The lowest BCUT2D eigenvalue weighted by atomic mass is 10.1. The molecule has 0 fully saturated rings. The van der Waals surface area contributed by atoms with E-state index in [2.05, 4.69) is 16.0 Å². The van der Waals surface area contributed by atoms with Crippen molar-refractivity contribution in [3.05, 3.63) is 65.5 Å². The number of hydrogen-bond acceptors (Lipinski definition) is 4. The SMILES string of the molecule is NCCNC(=O)c1ccccc1NC(=O)CCCNC(=O)c1ccc(F)cc1. The largest absolute Gasteiger partial charge is 0.352 e. The summed E-state index contributed by atoms with van der Waals surface area (Å²) in [4.78, 5) is 36.2. The predicted molar refractivity (Wildman–Crippen MR) is 104 cm³/mol. The summed E-state index contributed by atoms with van der Waals surface area (Å²) >= 11 is 0. The molecule has 7 nitrogen and oxygen atoms in total. The summed E-state index contributed by atoms with van der Waals surface area (Å²) in [5.74, 6) is -1.32. The summed E-state index contributed by atoms with van der Waals surface area (Å²) in [6.45, 7) is 0.959. The van der Waals surface area contributed by atoms with Crippen LogP contribution < -0.4 is 21.7 Å². The topological polar surface area (TPSA) is 113 Å². The highest BCUT2D eigenvalue weighted by molar-refractivity contribution is 6.03. The van der Waals surface area contributed by atoms with Gasteiger partial charge in [0.1, 0.15) is 5.82 Å². The fourth-order valence-corrected chi connectivity index (χ4v) is 2.44. The van der Waals surface area contributed by atoms with Crippen molar-refractivity contribution in [2.75, 3.05) is 25.0 Å². The molecule has 0 aliphatic carbocycles. The fraction of sp³-hybridized carbons (Fsp3) is 0.250. The van der Waals surface area contributed by atoms with Gasteiger partial charge in [-0.25, -0.2) is 4.39 Å². The number of amides is 3. The van der Waals surface area contributed by atoms with Crippen molar-refractivity contribution in [3.63, 3.8) is 0 Å². The van der Waals surface area contributed by atoms with E-state index >= 15 is 0 Å². The first-order valence-corrected chi connectivity index (χ1v) is 8.92. The number of hydrogen-bond donors (Lipinski definition) is 4. The van der Waals surface area contributed by atoms with Crippen LogP contribution >= 0.6 is 0 Å². The van der Waals surface area contributed by atoms with Crippen molar-refractivity contribution >= 4 is 23.4 Å². The highest BCUT2D eigenvalue weighted by Gasteiger charge is 2.12. The standard InChI is InChI=1S/C20H23FN4O3/c21-15-9-7-14(8-10-15)19(27)23-12-3-6-18(26)25-17-5-2-1-4-16(17)20(28)24-13-11-22/h1-2,4-5,7-10H,3,6,11-13,22H2,(H,23,27)(H,24,28)(H,25,26). The Morgan fingerprint density at radius 1 is 0.893 bits per heavy atom. The van der Waals surface area contributed by atoms with E-state index in [0.29, 0.717) is 42.9 Å². The lowest BCUT2D eigenvalue weighted by Gasteiger charge is -2.11. The number of nitrogens with two attached hydrogens (primary N) is 1. The Morgan fingerprint density at radius 3 is 2.29 bits per heavy atom. The van der Waals surface area contributed by atoms with E-state index in [1.165, 1.54) is 24.3 Å². The van der Waals surface area contributed by atoms with E-state index in [1.54, 1.807) is 24.3 Å². The van der Waals surface area contributed by atoms with Gasteiger partial charge in [0.15, 0.2) is 0 Å².